The molecule has 0 aromatic heterocycles. The number of rotatable bonds is 5. The van der Waals surface area contributed by atoms with Crippen molar-refractivity contribution in [1.29, 1.82) is 0 Å². The zero-order valence-electron chi connectivity index (χ0n) is 11.3. The van der Waals surface area contributed by atoms with Crippen LogP contribution in [0.3, 0.4) is 0 Å². The second-order valence-corrected chi connectivity index (χ2v) is 5.94. The molecule has 0 aliphatic carbocycles. The van der Waals surface area contributed by atoms with Crippen LogP contribution >= 0.6 is 15.9 Å². The van der Waals surface area contributed by atoms with Gasteiger partial charge in [-0.05, 0) is 49.4 Å². The van der Waals surface area contributed by atoms with Gasteiger partial charge in [-0.1, -0.05) is 64.0 Å². The second-order valence-electron chi connectivity index (χ2n) is 5.09. The quantitative estimate of drug-likeness (QED) is 0.882. The van der Waals surface area contributed by atoms with E-state index in [0.29, 0.717) is 5.92 Å². The van der Waals surface area contributed by atoms with Crippen molar-refractivity contribution >= 4 is 15.9 Å². The molecule has 0 saturated carbocycles. The van der Waals surface area contributed by atoms with Gasteiger partial charge in [0.25, 0.3) is 0 Å². The van der Waals surface area contributed by atoms with Crippen molar-refractivity contribution in [2.45, 2.75) is 19.8 Å². The minimum atomic E-state index is 0.487. The van der Waals surface area contributed by atoms with Crippen molar-refractivity contribution in [3.63, 3.8) is 0 Å². The summed E-state index contributed by atoms with van der Waals surface area (Å²) < 4.78 is 1.18. The molecule has 19 heavy (non-hydrogen) atoms. The SMILES string of the molecule is Cc1cccc(CC(CN)Cc2ccccc2Br)c1. The molecule has 0 fully saturated rings. The summed E-state index contributed by atoms with van der Waals surface area (Å²) in [5, 5.41) is 0. The second kappa shape index (κ2) is 6.88. The molecule has 0 saturated heterocycles. The number of nitrogens with two attached hydrogens (primary N) is 1. The highest BCUT2D eigenvalue weighted by Gasteiger charge is 2.11. The Kier molecular flexibility index (Phi) is 5.17. The van der Waals surface area contributed by atoms with Crippen LogP contribution in [0, 0.1) is 12.8 Å². The third-order valence-electron chi connectivity index (χ3n) is 3.41. The summed E-state index contributed by atoms with van der Waals surface area (Å²) in [7, 11) is 0. The summed E-state index contributed by atoms with van der Waals surface area (Å²) >= 11 is 3.61. The van der Waals surface area contributed by atoms with Crippen LogP contribution in [0.25, 0.3) is 0 Å². The molecule has 0 radical (unpaired) electrons. The first-order chi connectivity index (χ1) is 9.19. The van der Waals surface area contributed by atoms with Crippen molar-refractivity contribution < 1.29 is 0 Å². The zero-order chi connectivity index (χ0) is 13.7. The molecule has 2 aromatic carbocycles. The van der Waals surface area contributed by atoms with E-state index in [4.69, 9.17) is 5.73 Å². The molecule has 100 valence electrons. The van der Waals surface area contributed by atoms with E-state index in [1.165, 1.54) is 21.2 Å². The molecule has 1 nitrogen and oxygen atoms in total. The smallest absolute Gasteiger partial charge is 0.0207 e. The fourth-order valence-electron chi connectivity index (χ4n) is 2.39. The monoisotopic (exact) mass is 317 g/mol. The van der Waals surface area contributed by atoms with E-state index in [0.717, 1.165) is 19.4 Å². The van der Waals surface area contributed by atoms with Gasteiger partial charge in [-0.3, -0.25) is 0 Å². The molecular weight excluding hydrogens is 298 g/mol. The van der Waals surface area contributed by atoms with Crippen LogP contribution in [-0.2, 0) is 12.8 Å². The Labute approximate surface area is 124 Å². The molecule has 1 atom stereocenters. The molecule has 0 spiro atoms. The Bertz CT molecular complexity index is 536. The molecule has 1 unspecified atom stereocenters. The molecular formula is C17H20BrN. The van der Waals surface area contributed by atoms with Crippen LogP contribution in [0.15, 0.2) is 53.0 Å². The van der Waals surface area contributed by atoms with Crippen molar-refractivity contribution in [3.8, 4) is 0 Å². The van der Waals surface area contributed by atoms with Crippen LogP contribution in [0.2, 0.25) is 0 Å². The summed E-state index contributed by atoms with van der Waals surface area (Å²) in [6.07, 6.45) is 2.06. The summed E-state index contributed by atoms with van der Waals surface area (Å²) in [4.78, 5) is 0. The van der Waals surface area contributed by atoms with E-state index in [9.17, 15) is 0 Å². The van der Waals surface area contributed by atoms with Crippen molar-refractivity contribution in [3.05, 3.63) is 69.7 Å². The van der Waals surface area contributed by atoms with E-state index in [1.54, 1.807) is 0 Å². The number of hydrogen-bond donors (Lipinski definition) is 1. The Morgan fingerprint density at radius 2 is 1.84 bits per heavy atom. The predicted octanol–water partition coefficient (Wildman–Crippen LogP) is 4.12. The topological polar surface area (TPSA) is 26.0 Å². The first-order valence-corrected chi connectivity index (χ1v) is 7.47. The maximum absolute atomic E-state index is 5.94. The molecule has 0 aliphatic rings. The van der Waals surface area contributed by atoms with Crippen LogP contribution in [-0.4, -0.2) is 6.54 Å². The number of halogens is 1. The van der Waals surface area contributed by atoms with Gasteiger partial charge in [-0.15, -0.1) is 0 Å². The van der Waals surface area contributed by atoms with Gasteiger partial charge in [-0.2, -0.15) is 0 Å². The largest absolute Gasteiger partial charge is 0.330 e. The van der Waals surface area contributed by atoms with Gasteiger partial charge in [-0.25, -0.2) is 0 Å². The summed E-state index contributed by atoms with van der Waals surface area (Å²) in [5.41, 5.74) is 9.97. The lowest BCUT2D eigenvalue weighted by Gasteiger charge is -2.16. The predicted molar refractivity (Wildman–Crippen MR) is 85.3 cm³/mol. The molecule has 0 amide bonds. The van der Waals surface area contributed by atoms with Crippen molar-refractivity contribution in [2.24, 2.45) is 11.7 Å². The van der Waals surface area contributed by atoms with Gasteiger partial charge in [0.1, 0.15) is 0 Å². The van der Waals surface area contributed by atoms with E-state index < -0.39 is 0 Å². The summed E-state index contributed by atoms with van der Waals surface area (Å²) in [5.74, 6) is 0.487. The minimum Gasteiger partial charge on any atom is -0.330 e. The molecule has 0 bridgehead atoms. The fraction of sp³-hybridized carbons (Fsp3) is 0.294. The summed E-state index contributed by atoms with van der Waals surface area (Å²) in [6.45, 7) is 2.85. The average molecular weight is 318 g/mol. The Balaban J connectivity index is 2.07. The molecule has 2 rings (SSSR count). The van der Waals surface area contributed by atoms with Gasteiger partial charge in [0.05, 0.1) is 0 Å². The fourth-order valence-corrected chi connectivity index (χ4v) is 2.83. The van der Waals surface area contributed by atoms with Crippen molar-refractivity contribution in [2.75, 3.05) is 6.54 Å². The van der Waals surface area contributed by atoms with Gasteiger partial charge in [0.15, 0.2) is 0 Å². The van der Waals surface area contributed by atoms with Crippen LogP contribution < -0.4 is 5.73 Å². The van der Waals surface area contributed by atoms with Gasteiger partial charge >= 0.3 is 0 Å². The van der Waals surface area contributed by atoms with Gasteiger partial charge in [0.2, 0.25) is 0 Å². The Morgan fingerprint density at radius 1 is 1.05 bits per heavy atom. The van der Waals surface area contributed by atoms with Crippen LogP contribution in [0.5, 0.6) is 0 Å². The van der Waals surface area contributed by atoms with Crippen molar-refractivity contribution in [1.82, 2.24) is 0 Å². The third-order valence-corrected chi connectivity index (χ3v) is 4.18. The van der Waals surface area contributed by atoms with Gasteiger partial charge in [0, 0.05) is 4.47 Å². The highest BCUT2D eigenvalue weighted by Crippen LogP contribution is 2.21. The first-order valence-electron chi connectivity index (χ1n) is 6.68. The molecule has 0 aliphatic heterocycles. The number of benzene rings is 2. The zero-order valence-corrected chi connectivity index (χ0v) is 12.9. The standard InChI is InChI=1S/C17H20BrN/c1-13-5-4-6-14(9-13)10-15(12-19)11-16-7-2-3-8-17(16)18/h2-9,15H,10-12,19H2,1H3. The van der Waals surface area contributed by atoms with Crippen LogP contribution in [0.1, 0.15) is 16.7 Å². The van der Waals surface area contributed by atoms with E-state index in [2.05, 4.69) is 65.3 Å². The maximum atomic E-state index is 5.94. The number of aryl methyl sites for hydroxylation is 1. The van der Waals surface area contributed by atoms with Crippen LogP contribution in [0.4, 0.5) is 0 Å². The van der Waals surface area contributed by atoms with E-state index in [-0.39, 0.29) is 0 Å². The lowest BCUT2D eigenvalue weighted by molar-refractivity contribution is 0.532. The third kappa shape index (κ3) is 4.19. The molecule has 2 N–H and O–H groups in total. The number of hydrogen-bond acceptors (Lipinski definition) is 1. The average Bonchev–Trinajstić information content (AvgIpc) is 2.40. The highest BCUT2D eigenvalue weighted by atomic mass is 79.9. The minimum absolute atomic E-state index is 0.487. The lowest BCUT2D eigenvalue weighted by Crippen LogP contribution is -2.19. The van der Waals surface area contributed by atoms with E-state index in [1.807, 2.05) is 6.07 Å². The Hall–Kier alpha value is -1.12. The van der Waals surface area contributed by atoms with Gasteiger partial charge < -0.3 is 5.73 Å². The lowest BCUT2D eigenvalue weighted by atomic mass is 9.92. The molecule has 0 heterocycles. The first kappa shape index (κ1) is 14.3. The maximum Gasteiger partial charge on any atom is 0.0207 e. The molecule has 2 aromatic rings. The van der Waals surface area contributed by atoms with E-state index >= 15 is 0 Å². The normalized spacial score (nSPS) is 12.4. The Morgan fingerprint density at radius 3 is 2.53 bits per heavy atom. The highest BCUT2D eigenvalue weighted by molar-refractivity contribution is 9.10. The molecule has 2 heteroatoms. The summed E-state index contributed by atoms with van der Waals surface area (Å²) in [6, 6.07) is 17.1.